The van der Waals surface area contributed by atoms with E-state index < -0.39 is 18.3 Å². The van der Waals surface area contributed by atoms with Crippen molar-refractivity contribution in [3.8, 4) is 5.75 Å². The molecule has 0 spiro atoms. The van der Waals surface area contributed by atoms with Crippen LogP contribution in [0.1, 0.15) is 55.2 Å². The maximum Gasteiger partial charge on any atom is 0.229 e. The number of ether oxygens (including phenoxy) is 1. The molecule has 48 heavy (non-hydrogen) atoms. The zero-order valence-corrected chi connectivity index (χ0v) is 30.3. The van der Waals surface area contributed by atoms with E-state index in [0.29, 0.717) is 24.6 Å². The summed E-state index contributed by atoms with van der Waals surface area (Å²) in [7, 11) is -5.64. The van der Waals surface area contributed by atoms with Crippen LogP contribution in [-0.4, -0.2) is 29.5 Å². The first-order valence-corrected chi connectivity index (χ1v) is 21.3. The lowest BCUT2D eigenvalue weighted by Crippen LogP contribution is -2.40. The SMILES string of the molecule is CC[Si](CC)(CC)O[C@@H](CNC(Cc1ccccc1)c1ccc2ccccc2c1)c1ccc(OCc2ccccc2)c(NS(C)(=O)=O)c1. The first-order chi connectivity index (χ1) is 23.2. The van der Waals surface area contributed by atoms with Crippen LogP contribution in [0.4, 0.5) is 5.69 Å². The molecule has 0 saturated heterocycles. The third kappa shape index (κ3) is 9.57. The average Bonchev–Trinajstić information content (AvgIpc) is 3.11. The fraction of sp³-hybridized carbons (Fsp3) is 0.300. The number of anilines is 1. The Bertz CT molecular complexity index is 1860. The minimum absolute atomic E-state index is 0.0335. The lowest BCUT2D eigenvalue weighted by Gasteiger charge is -2.35. The molecule has 2 N–H and O–H groups in total. The van der Waals surface area contributed by atoms with Crippen LogP contribution in [0.25, 0.3) is 10.8 Å². The summed E-state index contributed by atoms with van der Waals surface area (Å²) in [5, 5.41) is 6.32. The molecule has 252 valence electrons. The van der Waals surface area contributed by atoms with Crippen LogP contribution in [0.5, 0.6) is 5.75 Å². The van der Waals surface area contributed by atoms with Gasteiger partial charge in [-0.05, 0) is 75.8 Å². The molecular weight excluding hydrogens is 633 g/mol. The van der Waals surface area contributed by atoms with Crippen LogP contribution < -0.4 is 14.8 Å². The number of hydrogen-bond donors (Lipinski definition) is 2. The molecule has 0 aromatic heterocycles. The molecule has 1 unspecified atom stereocenters. The molecule has 0 aliphatic heterocycles. The zero-order chi connectivity index (χ0) is 34.0. The van der Waals surface area contributed by atoms with E-state index in [4.69, 9.17) is 9.16 Å². The molecule has 5 aromatic rings. The number of hydrogen-bond acceptors (Lipinski definition) is 5. The number of rotatable bonds is 17. The largest absolute Gasteiger partial charge is 0.487 e. The second kappa shape index (κ2) is 16.4. The van der Waals surface area contributed by atoms with Crippen LogP contribution in [0.2, 0.25) is 18.1 Å². The van der Waals surface area contributed by atoms with Crippen LogP contribution in [0.3, 0.4) is 0 Å². The summed E-state index contributed by atoms with van der Waals surface area (Å²) in [5.74, 6) is 0.475. The van der Waals surface area contributed by atoms with Gasteiger partial charge in [0.1, 0.15) is 12.4 Å². The summed E-state index contributed by atoms with van der Waals surface area (Å²) < 4.78 is 41.1. The Kier molecular flexibility index (Phi) is 12.1. The maximum atomic E-state index is 12.5. The van der Waals surface area contributed by atoms with E-state index in [-0.39, 0.29) is 12.1 Å². The number of sulfonamides is 1. The first kappa shape index (κ1) is 35.4. The molecule has 5 rings (SSSR count). The molecule has 5 aromatic carbocycles. The highest BCUT2D eigenvalue weighted by Gasteiger charge is 2.33. The van der Waals surface area contributed by atoms with Gasteiger partial charge in [0.2, 0.25) is 10.0 Å². The molecule has 0 bridgehead atoms. The van der Waals surface area contributed by atoms with Gasteiger partial charge in [0.25, 0.3) is 0 Å². The summed E-state index contributed by atoms with van der Waals surface area (Å²) >= 11 is 0. The van der Waals surface area contributed by atoms with E-state index in [1.54, 1.807) is 0 Å². The molecule has 0 fully saturated rings. The smallest absolute Gasteiger partial charge is 0.229 e. The highest BCUT2D eigenvalue weighted by atomic mass is 32.2. The van der Waals surface area contributed by atoms with Crippen molar-refractivity contribution in [2.75, 3.05) is 17.5 Å². The Morgan fingerprint density at radius 2 is 1.29 bits per heavy atom. The van der Waals surface area contributed by atoms with Crippen molar-refractivity contribution in [1.29, 1.82) is 0 Å². The summed E-state index contributed by atoms with van der Waals surface area (Å²) in [4.78, 5) is 0. The van der Waals surface area contributed by atoms with Crippen LogP contribution in [-0.2, 0) is 27.5 Å². The van der Waals surface area contributed by atoms with E-state index in [9.17, 15) is 8.42 Å². The number of fused-ring (bicyclic) bond motifs is 1. The number of nitrogens with one attached hydrogen (secondary N) is 2. The summed E-state index contributed by atoms with van der Waals surface area (Å²) in [6.07, 6.45) is 1.69. The Labute approximate surface area is 287 Å². The standard InChI is InChI=1S/C40H48N2O4SSi/c1-5-48(6-2,7-3)46-40(36-24-25-39(38(28-36)42-47(4,43)44)45-30-32-18-12-9-13-19-32)29-41-37(26-31-16-10-8-11-17-31)35-23-22-33-20-14-15-21-34(33)27-35/h8-25,27-28,37,40-42H,5-7,26,29-30H2,1-4H3/t37?,40-/m0/s1. The minimum Gasteiger partial charge on any atom is -0.487 e. The van der Waals surface area contributed by atoms with Crippen molar-refractivity contribution in [1.82, 2.24) is 5.32 Å². The van der Waals surface area contributed by atoms with E-state index in [1.165, 1.54) is 21.9 Å². The van der Waals surface area contributed by atoms with Crippen LogP contribution in [0.15, 0.2) is 121 Å². The maximum absolute atomic E-state index is 12.5. The van der Waals surface area contributed by atoms with Gasteiger partial charge in [-0.2, -0.15) is 0 Å². The van der Waals surface area contributed by atoms with Crippen molar-refractivity contribution < 1.29 is 17.6 Å². The molecule has 0 saturated carbocycles. The fourth-order valence-corrected chi connectivity index (χ4v) is 9.63. The fourth-order valence-electron chi connectivity index (χ4n) is 6.25. The molecule has 0 radical (unpaired) electrons. The molecule has 8 heteroatoms. The minimum atomic E-state index is -3.57. The Morgan fingerprint density at radius 1 is 0.688 bits per heavy atom. The highest BCUT2D eigenvalue weighted by molar-refractivity contribution is 7.92. The molecule has 0 aliphatic carbocycles. The molecule has 0 amide bonds. The monoisotopic (exact) mass is 680 g/mol. The van der Waals surface area contributed by atoms with Crippen molar-refractivity contribution in [3.63, 3.8) is 0 Å². The predicted octanol–water partition coefficient (Wildman–Crippen LogP) is 9.43. The Hall–Kier alpha value is -3.95. The quantitative estimate of drug-likeness (QED) is 0.0958. The van der Waals surface area contributed by atoms with Crippen molar-refractivity contribution in [2.45, 2.75) is 64.1 Å². The van der Waals surface area contributed by atoms with Gasteiger partial charge in [-0.15, -0.1) is 0 Å². The third-order valence-corrected chi connectivity index (χ3v) is 14.5. The summed E-state index contributed by atoms with van der Waals surface area (Å²) in [6, 6.07) is 44.3. The summed E-state index contributed by atoms with van der Waals surface area (Å²) in [6.45, 7) is 7.57. The van der Waals surface area contributed by atoms with Gasteiger partial charge in [0, 0.05) is 12.6 Å². The normalized spacial score (nSPS) is 13.2. The highest BCUT2D eigenvalue weighted by Crippen LogP contribution is 2.35. The average molecular weight is 681 g/mol. The molecule has 6 nitrogen and oxygen atoms in total. The van der Waals surface area contributed by atoms with Gasteiger partial charge < -0.3 is 14.5 Å². The van der Waals surface area contributed by atoms with Gasteiger partial charge in [-0.1, -0.05) is 124 Å². The first-order valence-electron chi connectivity index (χ1n) is 16.9. The lowest BCUT2D eigenvalue weighted by molar-refractivity contribution is 0.181. The molecule has 2 atom stereocenters. The molecular formula is C40H48N2O4SSi. The third-order valence-electron chi connectivity index (χ3n) is 9.24. The lowest BCUT2D eigenvalue weighted by atomic mass is 9.96. The Balaban J connectivity index is 1.49. The predicted molar refractivity (Wildman–Crippen MR) is 202 cm³/mol. The van der Waals surface area contributed by atoms with Gasteiger partial charge in [-0.3, -0.25) is 4.72 Å². The van der Waals surface area contributed by atoms with Crippen LogP contribution >= 0.6 is 0 Å². The second-order valence-electron chi connectivity index (χ2n) is 12.5. The van der Waals surface area contributed by atoms with Gasteiger partial charge in [0.15, 0.2) is 8.32 Å². The molecule has 0 aliphatic rings. The zero-order valence-electron chi connectivity index (χ0n) is 28.5. The van der Waals surface area contributed by atoms with E-state index in [0.717, 1.165) is 41.9 Å². The van der Waals surface area contributed by atoms with Crippen LogP contribution in [0, 0.1) is 0 Å². The molecule has 0 heterocycles. The second-order valence-corrected chi connectivity index (χ2v) is 19.0. The van der Waals surface area contributed by atoms with E-state index in [1.807, 2.05) is 54.6 Å². The van der Waals surface area contributed by atoms with Crippen molar-refractivity contribution >= 4 is 34.8 Å². The van der Waals surface area contributed by atoms with E-state index in [2.05, 4.69) is 97.5 Å². The van der Waals surface area contributed by atoms with Gasteiger partial charge in [-0.25, -0.2) is 8.42 Å². The van der Waals surface area contributed by atoms with E-state index >= 15 is 0 Å². The summed E-state index contributed by atoms with van der Waals surface area (Å²) in [5.41, 5.74) is 4.78. The van der Waals surface area contributed by atoms with Crippen molar-refractivity contribution in [2.24, 2.45) is 0 Å². The van der Waals surface area contributed by atoms with Gasteiger partial charge in [0.05, 0.1) is 18.0 Å². The van der Waals surface area contributed by atoms with Crippen molar-refractivity contribution in [3.05, 3.63) is 144 Å². The Morgan fingerprint density at radius 3 is 1.94 bits per heavy atom. The topological polar surface area (TPSA) is 76.7 Å². The van der Waals surface area contributed by atoms with Gasteiger partial charge >= 0.3 is 0 Å². The number of benzene rings is 5.